The number of carbonyl (C=O) groups is 1. The molecule has 1 saturated carbocycles. The maximum Gasteiger partial charge on any atom is 0.239 e. The molecule has 0 heterocycles. The summed E-state index contributed by atoms with van der Waals surface area (Å²) in [5.41, 5.74) is 0. The van der Waals surface area contributed by atoms with Crippen LogP contribution in [0.1, 0.15) is 26.7 Å². The lowest BCUT2D eigenvalue weighted by Gasteiger charge is -2.14. The summed E-state index contributed by atoms with van der Waals surface area (Å²) in [4.78, 5) is 15.4. The molecule has 3 N–H and O–H groups in total. The van der Waals surface area contributed by atoms with Crippen molar-refractivity contribution < 1.29 is 4.79 Å². The van der Waals surface area contributed by atoms with E-state index >= 15 is 0 Å². The number of halogens is 1. The molecule has 0 aromatic carbocycles. The van der Waals surface area contributed by atoms with Crippen molar-refractivity contribution >= 4 is 35.8 Å². The Morgan fingerprint density at radius 3 is 2.50 bits per heavy atom. The third kappa shape index (κ3) is 6.86. The van der Waals surface area contributed by atoms with Crippen LogP contribution in [0.25, 0.3) is 0 Å². The Hall–Kier alpha value is -0.530. The molecule has 0 aliphatic heterocycles. The Balaban J connectivity index is 0.00000225. The summed E-state index contributed by atoms with van der Waals surface area (Å²) in [6.45, 7) is 4.33. The largest absolute Gasteiger partial charge is 0.354 e. The Morgan fingerprint density at radius 1 is 1.44 bits per heavy atom. The average molecular weight is 340 g/mol. The van der Waals surface area contributed by atoms with Gasteiger partial charge >= 0.3 is 0 Å². The molecule has 0 spiro atoms. The number of amides is 1. The summed E-state index contributed by atoms with van der Waals surface area (Å²) in [5.74, 6) is 0.695. The molecule has 5 nitrogen and oxygen atoms in total. The minimum Gasteiger partial charge on any atom is -0.354 e. The fraction of sp³-hybridized carbons (Fsp3) is 0.800. The quantitative estimate of drug-likeness (QED) is 0.396. The van der Waals surface area contributed by atoms with Gasteiger partial charge in [0.2, 0.25) is 5.91 Å². The van der Waals surface area contributed by atoms with Crippen LogP contribution < -0.4 is 16.0 Å². The number of nitrogens with zero attached hydrogens (tertiary/aromatic N) is 1. The Labute approximate surface area is 114 Å². The van der Waals surface area contributed by atoms with Gasteiger partial charge in [0.05, 0.1) is 6.54 Å². The zero-order valence-electron chi connectivity index (χ0n) is 10.0. The van der Waals surface area contributed by atoms with Crippen LogP contribution in [0.3, 0.4) is 0 Å². The van der Waals surface area contributed by atoms with Gasteiger partial charge in [-0.05, 0) is 26.7 Å². The monoisotopic (exact) mass is 340 g/mol. The summed E-state index contributed by atoms with van der Waals surface area (Å²) >= 11 is 0. The third-order valence-corrected chi connectivity index (χ3v) is 2.01. The molecule has 0 bridgehead atoms. The summed E-state index contributed by atoms with van der Waals surface area (Å²) in [6.07, 6.45) is 2.23. The van der Waals surface area contributed by atoms with Crippen LogP contribution in [-0.2, 0) is 4.79 Å². The van der Waals surface area contributed by atoms with E-state index in [9.17, 15) is 4.79 Å². The van der Waals surface area contributed by atoms with Gasteiger partial charge in [-0.1, -0.05) is 0 Å². The van der Waals surface area contributed by atoms with Crippen molar-refractivity contribution in [2.24, 2.45) is 4.99 Å². The molecule has 1 rings (SSSR count). The predicted molar refractivity (Wildman–Crippen MR) is 76.2 cm³/mol. The van der Waals surface area contributed by atoms with Crippen LogP contribution in [0.2, 0.25) is 0 Å². The van der Waals surface area contributed by atoms with Gasteiger partial charge < -0.3 is 16.0 Å². The van der Waals surface area contributed by atoms with Crippen LogP contribution in [0.4, 0.5) is 0 Å². The SMILES string of the molecule is CN=C(NCC(=O)NC1CC1)NC(C)C.I. The predicted octanol–water partition coefficient (Wildman–Crippen LogP) is 0.456. The summed E-state index contributed by atoms with van der Waals surface area (Å²) in [6, 6.07) is 0.724. The molecule has 0 saturated heterocycles. The van der Waals surface area contributed by atoms with Crippen LogP contribution in [0.15, 0.2) is 4.99 Å². The van der Waals surface area contributed by atoms with E-state index in [1.165, 1.54) is 0 Å². The number of aliphatic imine (C=N–C) groups is 1. The first kappa shape index (κ1) is 15.5. The highest BCUT2D eigenvalue weighted by molar-refractivity contribution is 14.0. The maximum absolute atomic E-state index is 11.3. The second kappa shape index (κ2) is 7.70. The van der Waals surface area contributed by atoms with E-state index < -0.39 is 0 Å². The lowest BCUT2D eigenvalue weighted by molar-refractivity contribution is -0.120. The summed E-state index contributed by atoms with van der Waals surface area (Å²) in [7, 11) is 1.69. The van der Waals surface area contributed by atoms with E-state index in [0.29, 0.717) is 18.0 Å². The molecular weight excluding hydrogens is 319 g/mol. The van der Waals surface area contributed by atoms with Crippen molar-refractivity contribution in [3.8, 4) is 0 Å². The van der Waals surface area contributed by atoms with Crippen molar-refractivity contribution in [1.29, 1.82) is 0 Å². The number of hydrogen-bond donors (Lipinski definition) is 3. The molecule has 1 fully saturated rings. The Bertz CT molecular complexity index is 251. The highest BCUT2D eigenvalue weighted by Gasteiger charge is 2.22. The second-order valence-electron chi connectivity index (χ2n) is 4.07. The van der Waals surface area contributed by atoms with Crippen LogP contribution in [0, 0.1) is 0 Å². The van der Waals surface area contributed by atoms with E-state index in [4.69, 9.17) is 0 Å². The van der Waals surface area contributed by atoms with Gasteiger partial charge in [0.25, 0.3) is 0 Å². The van der Waals surface area contributed by atoms with E-state index in [0.717, 1.165) is 12.8 Å². The number of hydrogen-bond acceptors (Lipinski definition) is 2. The molecule has 0 aromatic rings. The first-order chi connectivity index (χ1) is 7.11. The highest BCUT2D eigenvalue weighted by atomic mass is 127. The van der Waals surface area contributed by atoms with Crippen molar-refractivity contribution in [2.75, 3.05) is 13.6 Å². The molecule has 94 valence electrons. The molecule has 0 unspecified atom stereocenters. The zero-order valence-corrected chi connectivity index (χ0v) is 12.4. The third-order valence-electron chi connectivity index (χ3n) is 2.01. The van der Waals surface area contributed by atoms with Gasteiger partial charge in [-0.3, -0.25) is 9.79 Å². The number of carbonyl (C=O) groups excluding carboxylic acids is 1. The summed E-state index contributed by atoms with van der Waals surface area (Å²) < 4.78 is 0. The average Bonchev–Trinajstić information content (AvgIpc) is 2.95. The summed E-state index contributed by atoms with van der Waals surface area (Å²) in [5, 5.41) is 8.98. The lowest BCUT2D eigenvalue weighted by atomic mass is 10.4. The van der Waals surface area contributed by atoms with Gasteiger partial charge in [0.15, 0.2) is 5.96 Å². The Kier molecular flexibility index (Phi) is 7.44. The molecule has 16 heavy (non-hydrogen) atoms. The van der Waals surface area contributed by atoms with Crippen molar-refractivity contribution in [3.63, 3.8) is 0 Å². The first-order valence-corrected chi connectivity index (χ1v) is 5.38. The van der Waals surface area contributed by atoms with Gasteiger partial charge in [0.1, 0.15) is 0 Å². The standard InChI is InChI=1S/C10H20N4O.HI/c1-7(2)13-10(11-3)12-6-9(15)14-8-4-5-8;/h7-8H,4-6H2,1-3H3,(H,14,15)(H2,11,12,13);1H. The molecule has 0 radical (unpaired) electrons. The molecule has 1 aliphatic carbocycles. The van der Waals surface area contributed by atoms with E-state index in [1.54, 1.807) is 7.05 Å². The molecular formula is C10H21IN4O. The number of nitrogens with one attached hydrogen (secondary N) is 3. The molecule has 1 aliphatic rings. The molecule has 0 aromatic heterocycles. The van der Waals surface area contributed by atoms with Crippen LogP contribution in [0.5, 0.6) is 0 Å². The van der Waals surface area contributed by atoms with E-state index in [1.807, 2.05) is 13.8 Å². The fourth-order valence-electron chi connectivity index (χ4n) is 1.14. The zero-order chi connectivity index (χ0) is 11.3. The number of rotatable bonds is 4. The van der Waals surface area contributed by atoms with Crippen molar-refractivity contribution in [1.82, 2.24) is 16.0 Å². The minimum atomic E-state index is 0. The first-order valence-electron chi connectivity index (χ1n) is 5.38. The smallest absolute Gasteiger partial charge is 0.239 e. The van der Waals surface area contributed by atoms with Gasteiger partial charge in [-0.25, -0.2) is 0 Å². The van der Waals surface area contributed by atoms with Crippen LogP contribution >= 0.6 is 24.0 Å². The Morgan fingerprint density at radius 2 is 2.06 bits per heavy atom. The lowest BCUT2D eigenvalue weighted by Crippen LogP contribution is -2.45. The minimum absolute atomic E-state index is 0. The van der Waals surface area contributed by atoms with Crippen molar-refractivity contribution in [2.45, 2.75) is 38.8 Å². The molecule has 1 amide bonds. The van der Waals surface area contributed by atoms with Gasteiger partial charge in [0, 0.05) is 19.1 Å². The fourth-order valence-corrected chi connectivity index (χ4v) is 1.14. The second-order valence-corrected chi connectivity index (χ2v) is 4.07. The van der Waals surface area contributed by atoms with Gasteiger partial charge in [-0.15, -0.1) is 24.0 Å². The van der Waals surface area contributed by atoms with E-state index in [2.05, 4.69) is 20.9 Å². The van der Waals surface area contributed by atoms with Gasteiger partial charge in [-0.2, -0.15) is 0 Å². The maximum atomic E-state index is 11.3. The molecule has 0 atom stereocenters. The van der Waals surface area contributed by atoms with Crippen molar-refractivity contribution in [3.05, 3.63) is 0 Å². The van der Waals surface area contributed by atoms with Crippen LogP contribution in [-0.4, -0.2) is 37.5 Å². The normalized spacial score (nSPS) is 15.4. The topological polar surface area (TPSA) is 65.5 Å². The number of guanidine groups is 1. The van der Waals surface area contributed by atoms with E-state index in [-0.39, 0.29) is 36.4 Å². The highest BCUT2D eigenvalue weighted by Crippen LogP contribution is 2.18. The molecule has 6 heteroatoms.